The number of fused-ring (bicyclic) bond motifs is 1. The number of hydrogen-bond donors (Lipinski definition) is 0. The van der Waals surface area contributed by atoms with Crippen molar-refractivity contribution in [1.82, 2.24) is 4.90 Å². The van der Waals surface area contributed by atoms with Crippen molar-refractivity contribution in [2.45, 2.75) is 0 Å². The highest BCUT2D eigenvalue weighted by atomic mass is 16.5. The third kappa shape index (κ3) is 4.23. The van der Waals surface area contributed by atoms with Gasteiger partial charge in [0, 0.05) is 30.3 Å². The highest BCUT2D eigenvalue weighted by Gasteiger charge is 2.14. The number of methoxy groups -OCH3 is 2. The molecule has 3 aromatic rings. The molecule has 0 N–H and O–H groups in total. The van der Waals surface area contributed by atoms with Crippen molar-refractivity contribution in [3.8, 4) is 28.6 Å². The van der Waals surface area contributed by atoms with Crippen LogP contribution in [0.15, 0.2) is 51.7 Å². The Balaban J connectivity index is 2.06. The molecule has 2 aromatic carbocycles. The minimum atomic E-state index is -0.162. The average Bonchev–Trinajstić information content (AvgIpc) is 2.67. The van der Waals surface area contributed by atoms with E-state index in [1.807, 2.05) is 43.3 Å². The van der Waals surface area contributed by atoms with Crippen molar-refractivity contribution in [2.24, 2.45) is 0 Å². The molecule has 6 heteroatoms. The van der Waals surface area contributed by atoms with Crippen LogP contribution in [0, 0.1) is 0 Å². The first kappa shape index (κ1) is 18.8. The second-order valence-electron chi connectivity index (χ2n) is 6.35. The quantitative estimate of drug-likeness (QED) is 0.636. The summed E-state index contributed by atoms with van der Waals surface area (Å²) >= 11 is 0. The number of nitrogens with zero attached hydrogens (tertiary/aromatic N) is 1. The fourth-order valence-corrected chi connectivity index (χ4v) is 2.70. The molecule has 0 aliphatic rings. The van der Waals surface area contributed by atoms with Gasteiger partial charge in [0.2, 0.25) is 0 Å². The average molecular weight is 369 g/mol. The molecule has 0 saturated heterocycles. The summed E-state index contributed by atoms with van der Waals surface area (Å²) < 4.78 is 22.3. The first-order chi connectivity index (χ1) is 13.0. The summed E-state index contributed by atoms with van der Waals surface area (Å²) in [5.74, 6) is 2.24. The van der Waals surface area contributed by atoms with Gasteiger partial charge in [0.15, 0.2) is 5.43 Å². The molecule has 0 unspecified atom stereocenters. The van der Waals surface area contributed by atoms with Gasteiger partial charge in [0.1, 0.15) is 40.6 Å². The second-order valence-corrected chi connectivity index (χ2v) is 6.35. The van der Waals surface area contributed by atoms with Gasteiger partial charge in [0.05, 0.1) is 14.2 Å². The van der Waals surface area contributed by atoms with Crippen molar-refractivity contribution >= 4 is 11.0 Å². The van der Waals surface area contributed by atoms with Crippen molar-refractivity contribution in [1.29, 1.82) is 0 Å². The number of rotatable bonds is 7. The third-order valence-corrected chi connectivity index (χ3v) is 4.17. The van der Waals surface area contributed by atoms with Crippen molar-refractivity contribution in [3.05, 3.63) is 52.7 Å². The number of ether oxygens (including phenoxy) is 3. The molecule has 0 amide bonds. The molecule has 0 fully saturated rings. The number of likely N-dealkylation sites (N-methyl/N-ethyl adjacent to an activating group) is 1. The largest absolute Gasteiger partial charge is 0.497 e. The minimum absolute atomic E-state index is 0.162. The van der Waals surface area contributed by atoms with Crippen LogP contribution in [0.5, 0.6) is 17.2 Å². The summed E-state index contributed by atoms with van der Waals surface area (Å²) in [6.07, 6.45) is 0. The highest BCUT2D eigenvalue weighted by Crippen LogP contribution is 2.32. The molecule has 0 bridgehead atoms. The van der Waals surface area contributed by atoms with Crippen LogP contribution in [-0.2, 0) is 0 Å². The summed E-state index contributed by atoms with van der Waals surface area (Å²) in [5.41, 5.74) is 1.05. The van der Waals surface area contributed by atoms with E-state index >= 15 is 0 Å². The fraction of sp³-hybridized carbons (Fsp3) is 0.286. The Morgan fingerprint density at radius 2 is 1.67 bits per heavy atom. The smallest absolute Gasteiger partial charge is 0.197 e. The van der Waals surface area contributed by atoms with Crippen molar-refractivity contribution in [2.75, 3.05) is 41.5 Å². The Kier molecular flexibility index (Phi) is 5.66. The van der Waals surface area contributed by atoms with Crippen LogP contribution in [0.25, 0.3) is 22.3 Å². The third-order valence-electron chi connectivity index (χ3n) is 4.17. The zero-order valence-corrected chi connectivity index (χ0v) is 15.9. The number of hydrogen-bond acceptors (Lipinski definition) is 6. The highest BCUT2D eigenvalue weighted by molar-refractivity contribution is 5.86. The molecular weight excluding hydrogens is 346 g/mol. The van der Waals surface area contributed by atoms with Crippen LogP contribution in [0.3, 0.4) is 0 Å². The van der Waals surface area contributed by atoms with Gasteiger partial charge in [-0.2, -0.15) is 0 Å². The van der Waals surface area contributed by atoms with E-state index in [0.717, 1.165) is 17.9 Å². The Hall–Kier alpha value is -2.99. The standard InChI is InChI=1S/C21H23NO5/c1-22(2)9-10-26-19-11-16(25-4)12-20-21(19)17(23)13-18(27-20)14-5-7-15(24-3)8-6-14/h5-8,11-13H,9-10H2,1-4H3. The molecule has 142 valence electrons. The molecule has 0 aliphatic carbocycles. The molecule has 0 radical (unpaired) electrons. The lowest BCUT2D eigenvalue weighted by Gasteiger charge is -2.14. The summed E-state index contributed by atoms with van der Waals surface area (Å²) in [6, 6.07) is 12.2. The van der Waals surface area contributed by atoms with E-state index < -0.39 is 0 Å². The first-order valence-corrected chi connectivity index (χ1v) is 8.59. The second kappa shape index (κ2) is 8.14. The van der Waals surface area contributed by atoms with Gasteiger partial charge in [-0.05, 0) is 38.4 Å². The lowest BCUT2D eigenvalue weighted by Crippen LogP contribution is -2.19. The van der Waals surface area contributed by atoms with E-state index in [2.05, 4.69) is 0 Å². The maximum absolute atomic E-state index is 12.8. The SMILES string of the molecule is COc1ccc(-c2cc(=O)c3c(OCCN(C)C)cc(OC)cc3o2)cc1. The maximum atomic E-state index is 12.8. The van der Waals surface area contributed by atoms with E-state index in [4.69, 9.17) is 18.6 Å². The van der Waals surface area contributed by atoms with Crippen LogP contribution in [0.4, 0.5) is 0 Å². The van der Waals surface area contributed by atoms with Crippen LogP contribution >= 0.6 is 0 Å². The van der Waals surface area contributed by atoms with Crippen molar-refractivity contribution in [3.63, 3.8) is 0 Å². The van der Waals surface area contributed by atoms with Gasteiger partial charge in [-0.3, -0.25) is 4.79 Å². The van der Waals surface area contributed by atoms with Crippen LogP contribution in [-0.4, -0.2) is 46.4 Å². The van der Waals surface area contributed by atoms with Crippen molar-refractivity contribution < 1.29 is 18.6 Å². The summed E-state index contributed by atoms with van der Waals surface area (Å²) in [4.78, 5) is 14.8. The van der Waals surface area contributed by atoms with Gasteiger partial charge in [0.25, 0.3) is 0 Å². The van der Waals surface area contributed by atoms with Crippen LogP contribution < -0.4 is 19.6 Å². The molecule has 0 saturated carbocycles. The van der Waals surface area contributed by atoms with E-state index in [1.54, 1.807) is 26.4 Å². The van der Waals surface area contributed by atoms with Crippen LogP contribution in [0.2, 0.25) is 0 Å². The van der Waals surface area contributed by atoms with Gasteiger partial charge in [-0.25, -0.2) is 0 Å². The molecule has 0 atom stereocenters. The summed E-state index contributed by atoms with van der Waals surface area (Å²) in [7, 11) is 7.09. The van der Waals surface area contributed by atoms with E-state index in [0.29, 0.717) is 34.8 Å². The normalized spacial score (nSPS) is 11.0. The molecule has 3 rings (SSSR count). The lowest BCUT2D eigenvalue weighted by atomic mass is 10.1. The Morgan fingerprint density at radius 3 is 2.30 bits per heavy atom. The Labute approximate surface area is 157 Å². The Bertz CT molecular complexity index is 976. The van der Waals surface area contributed by atoms with E-state index in [-0.39, 0.29) is 5.43 Å². The fourth-order valence-electron chi connectivity index (χ4n) is 2.70. The van der Waals surface area contributed by atoms with Gasteiger partial charge in [-0.15, -0.1) is 0 Å². The van der Waals surface area contributed by atoms with Gasteiger partial charge >= 0.3 is 0 Å². The molecular formula is C21H23NO5. The molecule has 0 aliphatic heterocycles. The van der Waals surface area contributed by atoms with Gasteiger partial charge in [-0.1, -0.05) is 0 Å². The lowest BCUT2D eigenvalue weighted by molar-refractivity contribution is 0.262. The molecule has 1 heterocycles. The monoisotopic (exact) mass is 369 g/mol. The zero-order chi connectivity index (χ0) is 19.4. The number of benzene rings is 2. The molecule has 27 heavy (non-hydrogen) atoms. The zero-order valence-electron chi connectivity index (χ0n) is 15.9. The molecule has 6 nitrogen and oxygen atoms in total. The Morgan fingerprint density at radius 1 is 0.963 bits per heavy atom. The van der Waals surface area contributed by atoms with Crippen LogP contribution in [0.1, 0.15) is 0 Å². The first-order valence-electron chi connectivity index (χ1n) is 8.59. The molecule has 0 spiro atoms. The van der Waals surface area contributed by atoms with E-state index in [9.17, 15) is 4.79 Å². The molecule has 1 aromatic heterocycles. The van der Waals surface area contributed by atoms with Gasteiger partial charge < -0.3 is 23.5 Å². The summed E-state index contributed by atoms with van der Waals surface area (Å²) in [5, 5.41) is 0.409. The predicted molar refractivity (Wildman–Crippen MR) is 105 cm³/mol. The topological polar surface area (TPSA) is 61.1 Å². The van der Waals surface area contributed by atoms with E-state index in [1.165, 1.54) is 6.07 Å². The maximum Gasteiger partial charge on any atom is 0.197 e. The summed E-state index contributed by atoms with van der Waals surface area (Å²) in [6.45, 7) is 1.18. The predicted octanol–water partition coefficient (Wildman–Crippen LogP) is 3.42. The minimum Gasteiger partial charge on any atom is -0.497 e.